The molecule has 0 radical (unpaired) electrons. The molecule has 1 aliphatic heterocycles. The van der Waals surface area contributed by atoms with Crippen molar-refractivity contribution in [2.45, 2.75) is 50.6 Å². The van der Waals surface area contributed by atoms with E-state index >= 15 is 0 Å². The summed E-state index contributed by atoms with van der Waals surface area (Å²) in [6, 6.07) is 4.73. The molecule has 0 bridgehead atoms. The molecule has 1 aromatic rings. The predicted molar refractivity (Wildman–Crippen MR) is 89.3 cm³/mol. The van der Waals surface area contributed by atoms with Gasteiger partial charge in [0.15, 0.2) is 11.5 Å². The molecule has 6 nitrogen and oxygen atoms in total. The Morgan fingerprint density at radius 2 is 1.87 bits per heavy atom. The first kappa shape index (κ1) is 18.0. The zero-order chi connectivity index (χ0) is 17.0. The average molecular weight is 342 g/mol. The molecule has 1 saturated heterocycles. The lowest BCUT2D eigenvalue weighted by atomic mass is 10.0. The molecule has 2 N–H and O–H groups in total. The summed E-state index contributed by atoms with van der Waals surface area (Å²) in [7, 11) is -3.56. The van der Waals surface area contributed by atoms with Gasteiger partial charge in [-0.05, 0) is 45.7 Å². The maximum atomic E-state index is 12.9. The number of benzene rings is 1. The van der Waals surface area contributed by atoms with Crippen molar-refractivity contribution in [3.8, 4) is 11.5 Å². The monoisotopic (exact) mass is 342 g/mol. The summed E-state index contributed by atoms with van der Waals surface area (Å²) in [6.45, 7) is 7.01. The fraction of sp³-hybridized carbons (Fsp3) is 0.625. The molecular weight excluding hydrogens is 316 g/mol. The van der Waals surface area contributed by atoms with Gasteiger partial charge in [-0.3, -0.25) is 0 Å². The lowest BCUT2D eigenvalue weighted by Crippen LogP contribution is -2.48. The number of ether oxygens (including phenoxy) is 2. The highest BCUT2D eigenvalue weighted by atomic mass is 32.2. The van der Waals surface area contributed by atoms with Gasteiger partial charge in [0.2, 0.25) is 10.0 Å². The van der Waals surface area contributed by atoms with Crippen molar-refractivity contribution in [2.75, 3.05) is 19.8 Å². The minimum absolute atomic E-state index is 0.0655. The van der Waals surface area contributed by atoms with Gasteiger partial charge in [0.05, 0.1) is 18.1 Å². The molecule has 1 fully saturated rings. The third-order valence-corrected chi connectivity index (χ3v) is 5.99. The molecular formula is C16H26N2O4S. The maximum Gasteiger partial charge on any atom is 0.243 e. The highest BCUT2D eigenvalue weighted by Gasteiger charge is 2.33. The number of hydrogen-bond donors (Lipinski definition) is 1. The minimum Gasteiger partial charge on any atom is -0.490 e. The Bertz CT molecular complexity index is 633. The molecule has 0 aromatic heterocycles. The Morgan fingerprint density at radius 3 is 2.48 bits per heavy atom. The summed E-state index contributed by atoms with van der Waals surface area (Å²) in [6.07, 6.45) is 1.35. The van der Waals surface area contributed by atoms with E-state index in [2.05, 4.69) is 0 Å². The van der Waals surface area contributed by atoms with Gasteiger partial charge < -0.3 is 15.2 Å². The molecule has 2 rings (SSSR count). The highest BCUT2D eigenvalue weighted by molar-refractivity contribution is 7.89. The molecule has 0 saturated carbocycles. The summed E-state index contributed by atoms with van der Waals surface area (Å²) >= 11 is 0. The van der Waals surface area contributed by atoms with Gasteiger partial charge in [-0.25, -0.2) is 8.42 Å². The Balaban J connectivity index is 2.34. The van der Waals surface area contributed by atoms with Gasteiger partial charge in [0, 0.05) is 24.7 Å². The van der Waals surface area contributed by atoms with Crippen LogP contribution < -0.4 is 15.2 Å². The molecule has 23 heavy (non-hydrogen) atoms. The zero-order valence-corrected chi connectivity index (χ0v) is 14.8. The van der Waals surface area contributed by atoms with Gasteiger partial charge in [-0.15, -0.1) is 0 Å². The van der Waals surface area contributed by atoms with E-state index in [1.165, 1.54) is 4.31 Å². The summed E-state index contributed by atoms with van der Waals surface area (Å²) in [5, 5.41) is 0. The van der Waals surface area contributed by atoms with Crippen LogP contribution in [-0.4, -0.2) is 44.6 Å². The Morgan fingerprint density at radius 1 is 1.22 bits per heavy atom. The first-order valence-electron chi connectivity index (χ1n) is 8.07. The number of hydrogen-bond acceptors (Lipinski definition) is 5. The number of piperidine rings is 1. The van der Waals surface area contributed by atoms with E-state index in [0.717, 1.165) is 0 Å². The van der Waals surface area contributed by atoms with Crippen LogP contribution in [0.15, 0.2) is 23.1 Å². The van der Waals surface area contributed by atoms with E-state index in [1.54, 1.807) is 18.2 Å². The number of nitrogens with zero attached hydrogens (tertiary/aromatic N) is 1. The van der Waals surface area contributed by atoms with Crippen LogP contribution in [0.1, 0.15) is 33.6 Å². The SMILES string of the molecule is CCOc1ccc(S(=O)(=O)N2CCC(N)CC2C)cc1OCC. The molecule has 1 aliphatic rings. The summed E-state index contributed by atoms with van der Waals surface area (Å²) in [5.74, 6) is 1.01. The molecule has 1 aromatic carbocycles. The van der Waals surface area contributed by atoms with Crippen molar-refractivity contribution in [2.24, 2.45) is 5.73 Å². The maximum absolute atomic E-state index is 12.9. The quantitative estimate of drug-likeness (QED) is 0.855. The van der Waals surface area contributed by atoms with Crippen LogP contribution in [0, 0.1) is 0 Å². The number of sulfonamides is 1. The van der Waals surface area contributed by atoms with Gasteiger partial charge in [-0.2, -0.15) is 4.31 Å². The van der Waals surface area contributed by atoms with Gasteiger partial charge in [0.25, 0.3) is 0 Å². The summed E-state index contributed by atoms with van der Waals surface area (Å²) < 4.78 is 38.4. The normalized spacial score (nSPS) is 22.8. The van der Waals surface area contributed by atoms with Crippen LogP contribution in [0.25, 0.3) is 0 Å². The average Bonchev–Trinajstić information content (AvgIpc) is 2.49. The smallest absolute Gasteiger partial charge is 0.243 e. The lowest BCUT2D eigenvalue weighted by Gasteiger charge is -2.35. The van der Waals surface area contributed by atoms with Gasteiger partial charge in [0.1, 0.15) is 0 Å². The first-order chi connectivity index (χ1) is 10.9. The Hall–Kier alpha value is -1.31. The summed E-state index contributed by atoms with van der Waals surface area (Å²) in [5.41, 5.74) is 5.93. The van der Waals surface area contributed by atoms with Gasteiger partial charge in [-0.1, -0.05) is 0 Å². The van der Waals surface area contributed by atoms with E-state index in [0.29, 0.717) is 44.1 Å². The topological polar surface area (TPSA) is 81.9 Å². The second-order valence-electron chi connectivity index (χ2n) is 5.72. The van der Waals surface area contributed by atoms with Gasteiger partial charge >= 0.3 is 0 Å². The van der Waals surface area contributed by atoms with E-state index < -0.39 is 10.0 Å². The molecule has 7 heteroatoms. The van der Waals surface area contributed by atoms with Crippen molar-refractivity contribution in [3.05, 3.63) is 18.2 Å². The number of nitrogens with two attached hydrogens (primary N) is 1. The largest absolute Gasteiger partial charge is 0.490 e. The first-order valence-corrected chi connectivity index (χ1v) is 9.51. The predicted octanol–water partition coefficient (Wildman–Crippen LogP) is 1.98. The third-order valence-electron chi connectivity index (χ3n) is 3.98. The molecule has 2 unspecified atom stereocenters. The second-order valence-corrected chi connectivity index (χ2v) is 7.61. The zero-order valence-electron chi connectivity index (χ0n) is 14.0. The van der Waals surface area contributed by atoms with E-state index in [-0.39, 0.29) is 17.0 Å². The number of rotatable bonds is 6. The molecule has 0 amide bonds. The van der Waals surface area contributed by atoms with Crippen molar-refractivity contribution >= 4 is 10.0 Å². The fourth-order valence-corrected chi connectivity index (χ4v) is 4.54. The van der Waals surface area contributed by atoms with Crippen LogP contribution in [0.3, 0.4) is 0 Å². The standard InChI is InChI=1S/C16H26N2O4S/c1-4-21-15-7-6-14(11-16(15)22-5-2)23(19,20)18-9-8-13(17)10-12(18)3/h6-7,11-13H,4-5,8-10,17H2,1-3H3. The fourth-order valence-electron chi connectivity index (χ4n) is 2.87. The van der Waals surface area contributed by atoms with E-state index in [1.807, 2.05) is 20.8 Å². The van der Waals surface area contributed by atoms with Crippen LogP contribution in [0.2, 0.25) is 0 Å². The second kappa shape index (κ2) is 7.51. The van der Waals surface area contributed by atoms with Crippen LogP contribution in [0.4, 0.5) is 0 Å². The van der Waals surface area contributed by atoms with Crippen LogP contribution >= 0.6 is 0 Å². The van der Waals surface area contributed by atoms with E-state index in [9.17, 15) is 8.42 Å². The van der Waals surface area contributed by atoms with Crippen molar-refractivity contribution in [1.29, 1.82) is 0 Å². The molecule has 2 atom stereocenters. The third kappa shape index (κ3) is 3.97. The molecule has 130 valence electrons. The molecule has 0 spiro atoms. The Labute approximate surface area is 138 Å². The van der Waals surface area contributed by atoms with Crippen molar-refractivity contribution in [1.82, 2.24) is 4.31 Å². The Kier molecular flexibility index (Phi) is 5.89. The molecule has 0 aliphatic carbocycles. The van der Waals surface area contributed by atoms with E-state index in [4.69, 9.17) is 15.2 Å². The lowest BCUT2D eigenvalue weighted by molar-refractivity contribution is 0.247. The van der Waals surface area contributed by atoms with Crippen LogP contribution in [-0.2, 0) is 10.0 Å². The molecule has 1 heterocycles. The van der Waals surface area contributed by atoms with Crippen molar-refractivity contribution < 1.29 is 17.9 Å². The summed E-state index contributed by atoms with van der Waals surface area (Å²) in [4.78, 5) is 0.228. The minimum atomic E-state index is -3.56. The van der Waals surface area contributed by atoms with Crippen molar-refractivity contribution in [3.63, 3.8) is 0 Å². The highest BCUT2D eigenvalue weighted by Crippen LogP contribution is 2.33. The van der Waals surface area contributed by atoms with Crippen LogP contribution in [0.5, 0.6) is 11.5 Å².